The van der Waals surface area contributed by atoms with E-state index in [2.05, 4.69) is 33.2 Å². The molecule has 0 unspecified atom stereocenters. The molecule has 0 radical (unpaired) electrons. The summed E-state index contributed by atoms with van der Waals surface area (Å²) in [5.74, 6) is 0. The predicted molar refractivity (Wildman–Crippen MR) is 73.0 cm³/mol. The molecule has 1 aromatic rings. The van der Waals surface area contributed by atoms with Crippen molar-refractivity contribution in [1.82, 2.24) is 0 Å². The second-order valence-corrected chi connectivity index (χ2v) is 3.65. The Bertz CT molecular complexity index is 185. The molecule has 0 saturated carbocycles. The largest absolute Gasteiger partial charge is 0.143 e. The Morgan fingerprint density at radius 3 is 1.57 bits per heavy atom. The number of rotatable bonds is 1. The molecule has 0 amide bonds. The molecule has 0 aromatic heterocycles. The molecule has 2 heteroatoms. The Morgan fingerprint density at radius 2 is 1.43 bits per heavy atom. The van der Waals surface area contributed by atoms with E-state index in [9.17, 15) is 0 Å². The molecule has 0 fully saturated rings. The highest BCUT2D eigenvalue weighted by atomic mass is 32.1. The molecule has 0 spiro atoms. The quantitative estimate of drug-likeness (QED) is 0.501. The average Bonchev–Trinajstić information content (AvgIpc) is 2.23. The molecule has 0 aliphatic rings. The van der Waals surface area contributed by atoms with Crippen molar-refractivity contribution in [2.45, 2.75) is 45.6 Å². The fourth-order valence-corrected chi connectivity index (χ4v) is 0.600. The molecule has 0 aliphatic heterocycles. The van der Waals surface area contributed by atoms with E-state index in [0.717, 1.165) is 11.6 Å². The van der Waals surface area contributed by atoms with Gasteiger partial charge in [-0.1, -0.05) is 58.9 Å². The van der Waals surface area contributed by atoms with Crippen molar-refractivity contribution in [3.63, 3.8) is 0 Å². The van der Waals surface area contributed by atoms with E-state index >= 15 is 0 Å². The first-order chi connectivity index (χ1) is 6.66. The van der Waals surface area contributed by atoms with Crippen LogP contribution >= 0.6 is 12.6 Å². The van der Waals surface area contributed by atoms with Crippen LogP contribution in [0.4, 0.5) is 0 Å². The fourth-order valence-electron chi connectivity index (χ4n) is 0.428. The van der Waals surface area contributed by atoms with Crippen molar-refractivity contribution >= 4 is 19.3 Å². The summed E-state index contributed by atoms with van der Waals surface area (Å²) in [7, 11) is 0. The Balaban J connectivity index is 0. The summed E-state index contributed by atoms with van der Waals surface area (Å²) in [6.45, 7) is 11.5. The average molecular weight is 210 g/mol. The summed E-state index contributed by atoms with van der Waals surface area (Å²) in [4.78, 5) is 1.02. The normalized spacial score (nSPS) is 7.57. The summed E-state index contributed by atoms with van der Waals surface area (Å²) < 4.78 is 0. The second-order valence-electron chi connectivity index (χ2n) is 3.14. The minimum absolute atomic E-state index is 0.884. The lowest BCUT2D eigenvalue weighted by Gasteiger charge is -1.84. The number of thiol groups is 1. The van der Waals surface area contributed by atoms with Crippen molar-refractivity contribution in [2.24, 2.45) is 0 Å². The summed E-state index contributed by atoms with van der Waals surface area (Å²) >= 11 is 4.08. The van der Waals surface area contributed by atoms with E-state index in [0.29, 0.717) is 0 Å². The van der Waals surface area contributed by atoms with E-state index in [1.54, 1.807) is 0 Å². The Labute approximate surface area is 95.6 Å². The minimum Gasteiger partial charge on any atom is -0.143 e. The lowest BCUT2D eigenvalue weighted by atomic mass is 9.53. The van der Waals surface area contributed by atoms with Gasteiger partial charge in [-0.15, -0.1) is 12.6 Å². The fraction of sp³-hybridized carbons (Fsp3) is 0.500. The van der Waals surface area contributed by atoms with Gasteiger partial charge in [-0.05, 0) is 12.1 Å². The predicted octanol–water partition coefficient (Wildman–Crippen LogP) is 4.76. The van der Waals surface area contributed by atoms with Crippen LogP contribution in [-0.4, -0.2) is 6.71 Å². The Hall–Kier alpha value is -0.365. The van der Waals surface area contributed by atoms with Crippen LogP contribution in [-0.2, 0) is 0 Å². The van der Waals surface area contributed by atoms with Gasteiger partial charge in [-0.3, -0.25) is 0 Å². The summed E-state index contributed by atoms with van der Waals surface area (Å²) in [6, 6.07) is 9.79. The number of benzene rings is 1. The Morgan fingerprint density at radius 1 is 1.07 bits per heavy atom. The first-order valence-corrected chi connectivity index (χ1v) is 5.85. The van der Waals surface area contributed by atoms with Gasteiger partial charge in [-0.2, -0.15) is 0 Å². The molecule has 0 heterocycles. The van der Waals surface area contributed by atoms with Gasteiger partial charge in [0.15, 0.2) is 0 Å². The van der Waals surface area contributed by atoms with Gasteiger partial charge in [0.1, 0.15) is 6.71 Å². The summed E-state index contributed by atoms with van der Waals surface area (Å²) in [5.41, 5.74) is 0. The van der Waals surface area contributed by atoms with Crippen LogP contribution in [0.15, 0.2) is 35.2 Å². The van der Waals surface area contributed by atoms with Gasteiger partial charge in [0.25, 0.3) is 0 Å². The minimum atomic E-state index is 0.884. The smallest absolute Gasteiger partial charge is 0.133 e. The van der Waals surface area contributed by atoms with Gasteiger partial charge in [0, 0.05) is 4.90 Å². The van der Waals surface area contributed by atoms with E-state index in [-0.39, 0.29) is 0 Å². The van der Waals surface area contributed by atoms with Crippen molar-refractivity contribution < 1.29 is 0 Å². The van der Waals surface area contributed by atoms with E-state index < -0.39 is 0 Å². The van der Waals surface area contributed by atoms with Crippen LogP contribution < -0.4 is 0 Å². The summed E-state index contributed by atoms with van der Waals surface area (Å²) in [5, 5.41) is 0. The standard InChI is InChI=1S/C6H6S.C4H11B.C2H6/c7-6-4-2-1-3-5-6;1-4-5(2)3;1-2/h1-5,7H;4H2,1-3H3;1-2H3. The van der Waals surface area contributed by atoms with Gasteiger partial charge in [0.2, 0.25) is 0 Å². The zero-order chi connectivity index (χ0) is 11.4. The molecule has 1 rings (SSSR count). The third-order valence-electron chi connectivity index (χ3n) is 1.57. The molecule has 1 aromatic carbocycles. The van der Waals surface area contributed by atoms with Gasteiger partial charge < -0.3 is 0 Å². The van der Waals surface area contributed by atoms with E-state index in [1.807, 2.05) is 44.2 Å². The lowest BCUT2D eigenvalue weighted by molar-refractivity contribution is 1.41. The van der Waals surface area contributed by atoms with Crippen molar-refractivity contribution in [2.75, 3.05) is 0 Å². The van der Waals surface area contributed by atoms with Crippen molar-refractivity contribution in [1.29, 1.82) is 0 Å². The molecular weight excluding hydrogens is 187 g/mol. The van der Waals surface area contributed by atoms with Crippen LogP contribution in [0.2, 0.25) is 20.0 Å². The molecule has 0 nitrogen and oxygen atoms in total. The van der Waals surface area contributed by atoms with Crippen LogP contribution in [0.1, 0.15) is 20.8 Å². The highest BCUT2D eigenvalue weighted by Gasteiger charge is 1.86. The first kappa shape index (κ1) is 16.1. The van der Waals surface area contributed by atoms with Crippen LogP contribution in [0.3, 0.4) is 0 Å². The third kappa shape index (κ3) is 14.2. The first-order valence-electron chi connectivity index (χ1n) is 5.40. The van der Waals surface area contributed by atoms with Gasteiger partial charge in [-0.25, -0.2) is 0 Å². The molecule has 0 saturated heterocycles. The maximum Gasteiger partial charge on any atom is 0.133 e. The molecule has 0 atom stereocenters. The molecule has 14 heavy (non-hydrogen) atoms. The number of hydrogen-bond acceptors (Lipinski definition) is 1. The van der Waals surface area contributed by atoms with Gasteiger partial charge >= 0.3 is 0 Å². The third-order valence-corrected chi connectivity index (χ3v) is 1.87. The molecule has 0 bridgehead atoms. The molecule has 0 aliphatic carbocycles. The zero-order valence-electron chi connectivity index (χ0n) is 10.1. The molecule has 80 valence electrons. The van der Waals surface area contributed by atoms with E-state index in [4.69, 9.17) is 0 Å². The monoisotopic (exact) mass is 210 g/mol. The second kappa shape index (κ2) is 12.6. The van der Waals surface area contributed by atoms with Crippen molar-refractivity contribution in [3.8, 4) is 0 Å². The van der Waals surface area contributed by atoms with Crippen molar-refractivity contribution in [3.05, 3.63) is 30.3 Å². The van der Waals surface area contributed by atoms with Gasteiger partial charge in [0.05, 0.1) is 0 Å². The maximum absolute atomic E-state index is 4.08. The van der Waals surface area contributed by atoms with Crippen LogP contribution in [0, 0.1) is 0 Å². The highest BCUT2D eigenvalue weighted by molar-refractivity contribution is 7.80. The highest BCUT2D eigenvalue weighted by Crippen LogP contribution is 2.00. The topological polar surface area (TPSA) is 0 Å². The summed E-state index contributed by atoms with van der Waals surface area (Å²) in [6.07, 6.45) is 1.31. The number of hydrogen-bond donors (Lipinski definition) is 1. The molecular formula is C12H23BS. The lowest BCUT2D eigenvalue weighted by Crippen LogP contribution is -1.92. The Kier molecular flexibility index (Phi) is 14.5. The zero-order valence-corrected chi connectivity index (χ0v) is 11.0. The molecule has 0 N–H and O–H groups in total. The SMILES string of the molecule is CC.CCB(C)C.Sc1ccccc1. The van der Waals surface area contributed by atoms with Crippen LogP contribution in [0.5, 0.6) is 0 Å². The maximum atomic E-state index is 4.08. The van der Waals surface area contributed by atoms with E-state index in [1.165, 1.54) is 6.32 Å². The van der Waals surface area contributed by atoms with Crippen LogP contribution in [0.25, 0.3) is 0 Å².